The van der Waals surface area contributed by atoms with Gasteiger partial charge in [0.15, 0.2) is 0 Å². The van der Waals surface area contributed by atoms with Crippen LogP contribution in [0.25, 0.3) is 0 Å². The number of thiol groups is 1. The average Bonchev–Trinajstić information content (AvgIpc) is 2.85. The Kier molecular flexibility index (Phi) is 4.79. The molecule has 0 unspecified atom stereocenters. The van der Waals surface area contributed by atoms with Crippen molar-refractivity contribution in [2.75, 3.05) is 18.8 Å². The molecule has 1 aliphatic heterocycles. The first-order valence-corrected chi connectivity index (χ1v) is 7.59. The normalized spacial score (nSPS) is 18.8. The summed E-state index contributed by atoms with van der Waals surface area (Å²) in [5.74, 6) is 0.197. The standard InChI is InChI=1S/C13H17NO4S/c15-13(18-9-11-4-2-1-3-5-11)14-7-6-12(8-14)10-19(16)17/h1-5,12,19H,6-10H2/t12-/m0/s1. The lowest BCUT2D eigenvalue weighted by atomic mass is 10.2. The molecular formula is C13H17NO4S. The van der Waals surface area contributed by atoms with Crippen molar-refractivity contribution in [3.8, 4) is 0 Å². The van der Waals surface area contributed by atoms with E-state index in [0.29, 0.717) is 13.1 Å². The maximum atomic E-state index is 11.8. The van der Waals surface area contributed by atoms with Crippen LogP contribution in [0.1, 0.15) is 12.0 Å². The summed E-state index contributed by atoms with van der Waals surface area (Å²) in [6.07, 6.45) is 0.358. The topological polar surface area (TPSA) is 63.7 Å². The third-order valence-corrected chi connectivity index (χ3v) is 3.97. The quantitative estimate of drug-likeness (QED) is 0.845. The smallest absolute Gasteiger partial charge is 0.410 e. The number of ether oxygens (including phenoxy) is 1. The minimum atomic E-state index is -2.37. The Balaban J connectivity index is 1.78. The zero-order chi connectivity index (χ0) is 13.7. The molecule has 1 fully saturated rings. The second-order valence-corrected chi connectivity index (χ2v) is 5.69. The first kappa shape index (κ1) is 13.9. The molecule has 1 atom stereocenters. The monoisotopic (exact) mass is 283 g/mol. The van der Waals surface area contributed by atoms with Gasteiger partial charge in [0.1, 0.15) is 17.3 Å². The second-order valence-electron chi connectivity index (χ2n) is 4.66. The van der Waals surface area contributed by atoms with Gasteiger partial charge in [0.2, 0.25) is 0 Å². The van der Waals surface area contributed by atoms with E-state index in [1.807, 2.05) is 30.3 Å². The van der Waals surface area contributed by atoms with Gasteiger partial charge in [-0.2, -0.15) is 0 Å². The molecule has 0 bridgehead atoms. The van der Waals surface area contributed by atoms with E-state index in [1.165, 1.54) is 0 Å². The van der Waals surface area contributed by atoms with Crippen LogP contribution < -0.4 is 0 Å². The van der Waals surface area contributed by atoms with E-state index in [1.54, 1.807) is 4.90 Å². The third kappa shape index (κ3) is 4.24. The Labute approximate surface area is 114 Å². The molecule has 19 heavy (non-hydrogen) atoms. The number of benzene rings is 1. The summed E-state index contributed by atoms with van der Waals surface area (Å²) in [6.45, 7) is 1.29. The molecule has 0 saturated carbocycles. The number of hydrogen-bond acceptors (Lipinski definition) is 4. The van der Waals surface area contributed by atoms with Gasteiger partial charge in [-0.15, -0.1) is 0 Å². The summed E-state index contributed by atoms with van der Waals surface area (Å²) in [5, 5.41) is 0. The number of likely N-dealkylation sites (tertiary alicyclic amines) is 1. The summed E-state index contributed by atoms with van der Waals surface area (Å²) < 4.78 is 26.5. The largest absolute Gasteiger partial charge is 0.445 e. The van der Waals surface area contributed by atoms with Crippen LogP contribution in [0.2, 0.25) is 0 Å². The number of carbonyl (C=O) groups excluding carboxylic acids is 1. The van der Waals surface area contributed by atoms with Gasteiger partial charge < -0.3 is 9.64 Å². The Morgan fingerprint density at radius 3 is 2.74 bits per heavy atom. The van der Waals surface area contributed by atoms with Crippen LogP contribution in [0, 0.1) is 5.92 Å². The number of nitrogens with zero attached hydrogens (tertiary/aromatic N) is 1. The van der Waals surface area contributed by atoms with Crippen molar-refractivity contribution in [3.63, 3.8) is 0 Å². The molecule has 1 aliphatic rings. The highest BCUT2D eigenvalue weighted by molar-refractivity contribution is 7.72. The molecule has 5 nitrogen and oxygen atoms in total. The molecule has 0 spiro atoms. The number of rotatable bonds is 4. The van der Waals surface area contributed by atoms with Crippen LogP contribution in [0.4, 0.5) is 4.79 Å². The van der Waals surface area contributed by atoms with Crippen LogP contribution >= 0.6 is 0 Å². The Morgan fingerprint density at radius 2 is 2.05 bits per heavy atom. The lowest BCUT2D eigenvalue weighted by molar-refractivity contribution is 0.103. The predicted octanol–water partition coefficient (Wildman–Crippen LogP) is 1.26. The number of amides is 1. The molecule has 104 valence electrons. The van der Waals surface area contributed by atoms with Gasteiger partial charge in [0, 0.05) is 13.1 Å². The molecule has 0 N–H and O–H groups in total. The van der Waals surface area contributed by atoms with Crippen molar-refractivity contribution in [1.29, 1.82) is 0 Å². The zero-order valence-electron chi connectivity index (χ0n) is 10.5. The molecule has 1 amide bonds. The fourth-order valence-electron chi connectivity index (χ4n) is 2.17. The Morgan fingerprint density at radius 1 is 1.32 bits per heavy atom. The van der Waals surface area contributed by atoms with Gasteiger partial charge in [-0.25, -0.2) is 13.2 Å². The van der Waals surface area contributed by atoms with Crippen molar-refractivity contribution < 1.29 is 17.9 Å². The lowest BCUT2D eigenvalue weighted by Crippen LogP contribution is -2.29. The molecule has 2 rings (SSSR count). The minimum absolute atomic E-state index is 0.0467. The maximum absolute atomic E-state index is 11.8. The average molecular weight is 283 g/mol. The molecule has 0 radical (unpaired) electrons. The molecular weight excluding hydrogens is 266 g/mol. The van der Waals surface area contributed by atoms with Gasteiger partial charge in [0.05, 0.1) is 5.75 Å². The summed E-state index contributed by atoms with van der Waals surface area (Å²) in [5.41, 5.74) is 0.939. The predicted molar refractivity (Wildman–Crippen MR) is 71.5 cm³/mol. The van der Waals surface area contributed by atoms with E-state index < -0.39 is 10.7 Å². The molecule has 1 aromatic rings. The van der Waals surface area contributed by atoms with Gasteiger partial charge in [0.25, 0.3) is 0 Å². The van der Waals surface area contributed by atoms with E-state index in [-0.39, 0.29) is 24.4 Å². The van der Waals surface area contributed by atoms with Crippen molar-refractivity contribution in [2.45, 2.75) is 13.0 Å². The van der Waals surface area contributed by atoms with Crippen molar-refractivity contribution >= 4 is 16.8 Å². The van der Waals surface area contributed by atoms with E-state index in [0.717, 1.165) is 12.0 Å². The van der Waals surface area contributed by atoms with Crippen LogP contribution in [-0.4, -0.2) is 38.3 Å². The van der Waals surface area contributed by atoms with Gasteiger partial charge >= 0.3 is 6.09 Å². The van der Waals surface area contributed by atoms with E-state index >= 15 is 0 Å². The molecule has 0 aromatic heterocycles. The summed E-state index contributed by atoms with van der Waals surface area (Å²) in [6, 6.07) is 9.46. The Bertz CT molecular complexity index is 493. The second kappa shape index (κ2) is 6.56. The first-order valence-electron chi connectivity index (χ1n) is 6.22. The summed E-state index contributed by atoms with van der Waals surface area (Å²) in [4.78, 5) is 13.4. The number of hydrogen-bond donors (Lipinski definition) is 1. The lowest BCUT2D eigenvalue weighted by Gasteiger charge is -2.15. The maximum Gasteiger partial charge on any atom is 0.410 e. The van der Waals surface area contributed by atoms with Crippen LogP contribution in [-0.2, 0) is 22.0 Å². The molecule has 1 saturated heterocycles. The SMILES string of the molecule is O=C(OCc1ccccc1)N1CC[C@H](C[SH](=O)=O)C1. The van der Waals surface area contributed by atoms with Crippen molar-refractivity contribution in [2.24, 2.45) is 5.92 Å². The fraction of sp³-hybridized carbons (Fsp3) is 0.462. The molecule has 0 aliphatic carbocycles. The van der Waals surface area contributed by atoms with Crippen LogP contribution in [0.3, 0.4) is 0 Å². The van der Waals surface area contributed by atoms with Crippen molar-refractivity contribution in [1.82, 2.24) is 4.90 Å². The number of carbonyl (C=O) groups is 1. The van der Waals surface area contributed by atoms with E-state index in [2.05, 4.69) is 0 Å². The van der Waals surface area contributed by atoms with E-state index in [4.69, 9.17) is 4.74 Å². The Hall–Kier alpha value is -1.56. The van der Waals surface area contributed by atoms with Gasteiger partial charge in [-0.3, -0.25) is 0 Å². The van der Waals surface area contributed by atoms with Crippen LogP contribution in [0.5, 0.6) is 0 Å². The van der Waals surface area contributed by atoms with Gasteiger partial charge in [-0.1, -0.05) is 30.3 Å². The zero-order valence-corrected chi connectivity index (χ0v) is 11.4. The summed E-state index contributed by atoms with van der Waals surface area (Å²) in [7, 11) is -2.37. The molecule has 1 aromatic carbocycles. The first-order chi connectivity index (χ1) is 9.15. The highest BCUT2D eigenvalue weighted by atomic mass is 32.2. The molecule has 6 heteroatoms. The third-order valence-electron chi connectivity index (χ3n) is 3.16. The molecule has 1 heterocycles. The fourth-order valence-corrected chi connectivity index (χ4v) is 2.89. The minimum Gasteiger partial charge on any atom is -0.445 e. The van der Waals surface area contributed by atoms with E-state index in [9.17, 15) is 13.2 Å². The highest BCUT2D eigenvalue weighted by Gasteiger charge is 2.27. The van der Waals surface area contributed by atoms with Gasteiger partial charge in [-0.05, 0) is 17.9 Å². The summed E-state index contributed by atoms with van der Waals surface area (Å²) >= 11 is 0. The highest BCUT2D eigenvalue weighted by Crippen LogP contribution is 2.17. The van der Waals surface area contributed by atoms with Crippen molar-refractivity contribution in [3.05, 3.63) is 35.9 Å². The van der Waals surface area contributed by atoms with Crippen LogP contribution in [0.15, 0.2) is 30.3 Å².